The molecule has 0 bridgehead atoms. The first kappa shape index (κ1) is 24.1. The van der Waals surface area contributed by atoms with Crippen molar-refractivity contribution in [2.45, 2.75) is 57.2 Å². The molecule has 186 valence electrons. The predicted octanol–water partition coefficient (Wildman–Crippen LogP) is 5.82. The van der Waals surface area contributed by atoms with E-state index < -0.39 is 12.0 Å². The second kappa shape index (κ2) is 10.2. The van der Waals surface area contributed by atoms with E-state index >= 15 is 0 Å². The molecule has 1 N–H and O–H groups in total. The molecule has 2 aliphatic rings. The molecule has 0 saturated heterocycles. The molecule has 37 heavy (non-hydrogen) atoms. The Labute approximate surface area is 215 Å². The molecule has 0 radical (unpaired) electrons. The van der Waals surface area contributed by atoms with E-state index in [1.165, 1.54) is 0 Å². The summed E-state index contributed by atoms with van der Waals surface area (Å²) in [6, 6.07) is 17.7. The van der Waals surface area contributed by atoms with E-state index in [1.54, 1.807) is 44.4 Å². The van der Waals surface area contributed by atoms with E-state index in [9.17, 15) is 15.3 Å². The second-order valence-electron chi connectivity index (χ2n) is 9.39. The van der Waals surface area contributed by atoms with Crippen molar-refractivity contribution in [3.63, 3.8) is 0 Å². The summed E-state index contributed by atoms with van der Waals surface area (Å²) in [5.41, 5.74) is 3.38. The van der Waals surface area contributed by atoms with Gasteiger partial charge in [0.25, 0.3) is 0 Å². The molecule has 5 rings (SSSR count). The van der Waals surface area contributed by atoms with E-state index in [1.807, 2.05) is 24.3 Å². The summed E-state index contributed by atoms with van der Waals surface area (Å²) in [5.74, 6) is 0.154. The van der Waals surface area contributed by atoms with Crippen LogP contribution < -0.4 is 15.0 Å². The quantitative estimate of drug-likeness (QED) is 0.455. The highest BCUT2D eigenvalue weighted by atomic mass is 16.6. The Morgan fingerprint density at radius 1 is 1.14 bits per heavy atom. The van der Waals surface area contributed by atoms with Gasteiger partial charge in [0.15, 0.2) is 0 Å². The number of benzene rings is 2. The average molecular weight is 495 g/mol. The minimum absolute atomic E-state index is 0.252. The molecule has 1 amide bonds. The number of fused-ring (bicyclic) bond motifs is 1. The lowest BCUT2D eigenvalue weighted by atomic mass is 9.87. The number of carbonyl (C=O) groups is 1. The molecule has 1 saturated carbocycles. The van der Waals surface area contributed by atoms with Crippen LogP contribution in [0.4, 0.5) is 16.2 Å². The summed E-state index contributed by atoms with van der Waals surface area (Å²) >= 11 is 0. The zero-order valence-corrected chi connectivity index (χ0v) is 20.6. The fourth-order valence-corrected chi connectivity index (χ4v) is 4.88. The van der Waals surface area contributed by atoms with Crippen LogP contribution in [0.1, 0.15) is 61.8 Å². The van der Waals surface area contributed by atoms with Crippen molar-refractivity contribution in [1.82, 2.24) is 9.97 Å². The van der Waals surface area contributed by atoms with E-state index in [2.05, 4.69) is 32.3 Å². The number of amides is 1. The summed E-state index contributed by atoms with van der Waals surface area (Å²) in [6.07, 6.45) is 5.50. The number of nitrogens with zero attached hydrogens (tertiary/aromatic N) is 5. The Morgan fingerprint density at radius 3 is 2.57 bits per heavy atom. The molecule has 1 aliphatic heterocycles. The van der Waals surface area contributed by atoms with Crippen molar-refractivity contribution in [3.05, 3.63) is 71.5 Å². The summed E-state index contributed by atoms with van der Waals surface area (Å²) in [5, 5.41) is 22.7. The van der Waals surface area contributed by atoms with Crippen LogP contribution in [0, 0.1) is 22.7 Å². The van der Waals surface area contributed by atoms with Crippen LogP contribution in [-0.4, -0.2) is 28.2 Å². The fourth-order valence-electron chi connectivity index (χ4n) is 4.88. The molecule has 3 aromatic rings. The molecule has 9 heteroatoms. The molecule has 2 unspecified atom stereocenters. The molecular formula is C28H26N6O3. The van der Waals surface area contributed by atoms with E-state index in [0.29, 0.717) is 17.0 Å². The van der Waals surface area contributed by atoms with Gasteiger partial charge in [0.2, 0.25) is 0 Å². The number of carbonyl (C=O) groups excluding carboxylic acids is 1. The molecule has 2 aromatic carbocycles. The van der Waals surface area contributed by atoms with Gasteiger partial charge < -0.3 is 14.4 Å². The Kier molecular flexibility index (Phi) is 6.61. The summed E-state index contributed by atoms with van der Waals surface area (Å²) < 4.78 is 11.0. The van der Waals surface area contributed by atoms with Gasteiger partial charge in [-0.2, -0.15) is 10.5 Å². The predicted molar refractivity (Wildman–Crippen MR) is 136 cm³/mol. The van der Waals surface area contributed by atoms with E-state index in [4.69, 9.17) is 9.47 Å². The minimum Gasteiger partial charge on any atom is -0.447 e. The van der Waals surface area contributed by atoms with Gasteiger partial charge >= 0.3 is 12.1 Å². The number of hydrogen-bond acceptors (Lipinski definition) is 8. The van der Waals surface area contributed by atoms with Crippen LogP contribution in [0.15, 0.2) is 54.9 Å². The zero-order chi connectivity index (χ0) is 25.9. The smallest absolute Gasteiger partial charge is 0.411 e. The molecule has 2 heterocycles. The van der Waals surface area contributed by atoms with E-state index in [-0.39, 0.29) is 24.2 Å². The van der Waals surface area contributed by atoms with Gasteiger partial charge in [-0.15, -0.1) is 0 Å². The van der Waals surface area contributed by atoms with Gasteiger partial charge in [0.1, 0.15) is 11.8 Å². The number of rotatable bonds is 6. The third kappa shape index (κ3) is 4.76. The van der Waals surface area contributed by atoms with Crippen molar-refractivity contribution >= 4 is 17.5 Å². The van der Waals surface area contributed by atoms with Gasteiger partial charge in [-0.05, 0) is 68.5 Å². The largest absolute Gasteiger partial charge is 0.447 e. The highest BCUT2D eigenvalue weighted by Gasteiger charge is 2.44. The topological polar surface area (TPSA) is 124 Å². The summed E-state index contributed by atoms with van der Waals surface area (Å²) in [7, 11) is 0. The average Bonchev–Trinajstić information content (AvgIpc) is 3.16. The molecule has 2 atom stereocenters. The minimum atomic E-state index is -0.617. The molecular weight excluding hydrogens is 468 g/mol. The van der Waals surface area contributed by atoms with Crippen LogP contribution in [0.3, 0.4) is 0 Å². The first-order chi connectivity index (χ1) is 18.0. The summed E-state index contributed by atoms with van der Waals surface area (Å²) in [4.78, 5) is 22.7. The Bertz CT molecular complexity index is 1390. The highest BCUT2D eigenvalue weighted by Crippen LogP contribution is 2.53. The standard InChI is InChI=1S/C28H26N6O3/c1-17(2)36-28(35)33-24-10-7-18(13-19(24)15-29)26-23(16-30)22-9-8-21(37-27-31-11-4-12-32-27)14-25(22)34(26)20-5-3-6-20/h4,7-14,17,20,23,26H,3,5-6H2,1-2H3,(H,33,35). The lowest BCUT2D eigenvalue weighted by Crippen LogP contribution is -2.41. The van der Waals surface area contributed by atoms with E-state index in [0.717, 1.165) is 36.1 Å². The first-order valence-electron chi connectivity index (χ1n) is 12.3. The maximum Gasteiger partial charge on any atom is 0.411 e. The van der Waals surface area contributed by atoms with Crippen molar-refractivity contribution < 1.29 is 14.3 Å². The third-order valence-electron chi connectivity index (χ3n) is 6.67. The molecule has 9 nitrogen and oxygen atoms in total. The van der Waals surface area contributed by atoms with Crippen molar-refractivity contribution in [1.29, 1.82) is 10.5 Å². The fraction of sp³-hybridized carbons (Fsp3) is 0.321. The van der Waals surface area contributed by atoms with Crippen LogP contribution in [0.5, 0.6) is 11.8 Å². The van der Waals surface area contributed by atoms with Crippen molar-refractivity contribution in [3.8, 4) is 23.9 Å². The highest BCUT2D eigenvalue weighted by molar-refractivity contribution is 5.86. The maximum atomic E-state index is 12.1. The number of nitriles is 2. The summed E-state index contributed by atoms with van der Waals surface area (Å²) in [6.45, 7) is 3.51. The number of aromatic nitrogens is 2. The lowest BCUT2D eigenvalue weighted by molar-refractivity contribution is 0.130. The monoisotopic (exact) mass is 494 g/mol. The molecule has 1 aliphatic carbocycles. The second-order valence-corrected chi connectivity index (χ2v) is 9.39. The van der Waals surface area contributed by atoms with Gasteiger partial charge in [-0.1, -0.05) is 12.1 Å². The SMILES string of the molecule is CC(C)OC(=O)Nc1ccc(C2C(C#N)c3ccc(Oc4ncccn4)cc3N2C2CCC2)cc1C#N. The zero-order valence-electron chi connectivity index (χ0n) is 20.6. The lowest BCUT2D eigenvalue weighted by Gasteiger charge is -2.41. The normalized spacial score (nSPS) is 18.4. The van der Waals surface area contributed by atoms with Crippen LogP contribution in [0.2, 0.25) is 0 Å². The van der Waals surface area contributed by atoms with Crippen molar-refractivity contribution in [2.75, 3.05) is 10.2 Å². The van der Waals surface area contributed by atoms with Crippen LogP contribution in [0.25, 0.3) is 0 Å². The third-order valence-corrected chi connectivity index (χ3v) is 6.67. The van der Waals surface area contributed by atoms with Gasteiger partial charge in [0, 0.05) is 30.2 Å². The van der Waals surface area contributed by atoms with Crippen LogP contribution in [-0.2, 0) is 4.74 Å². The van der Waals surface area contributed by atoms with Gasteiger partial charge in [-0.3, -0.25) is 5.32 Å². The number of hydrogen-bond donors (Lipinski definition) is 1. The molecule has 1 aromatic heterocycles. The number of anilines is 2. The Hall–Kier alpha value is -4.63. The molecule has 1 fully saturated rings. The Morgan fingerprint density at radius 2 is 1.92 bits per heavy atom. The van der Waals surface area contributed by atoms with Gasteiger partial charge in [0.05, 0.1) is 35.4 Å². The van der Waals surface area contributed by atoms with Gasteiger partial charge in [-0.25, -0.2) is 14.8 Å². The first-order valence-corrected chi connectivity index (χ1v) is 12.3. The van der Waals surface area contributed by atoms with Crippen LogP contribution >= 0.6 is 0 Å². The number of nitrogens with one attached hydrogen (secondary N) is 1. The molecule has 0 spiro atoms. The number of ether oxygens (including phenoxy) is 2. The maximum absolute atomic E-state index is 12.1. The Balaban J connectivity index is 1.50. The van der Waals surface area contributed by atoms with Crippen molar-refractivity contribution in [2.24, 2.45) is 0 Å².